The standard InChI is InChI=1S/C14H13F3N4O2/c15-14(16,17)10-6-7-21(20-10)8-11(22)19-12(13(18)23)9-4-2-1-3-5-9/h1-7,12H,8H2,(H2,18,23)(H,19,22)/t12-/m1/s1. The summed E-state index contributed by atoms with van der Waals surface area (Å²) in [6.45, 7) is -0.466. The molecule has 6 nitrogen and oxygen atoms in total. The van der Waals surface area contributed by atoms with Gasteiger partial charge in [0.2, 0.25) is 11.8 Å². The molecule has 2 rings (SSSR count). The highest BCUT2D eigenvalue weighted by atomic mass is 19.4. The first kappa shape index (κ1) is 16.5. The van der Waals surface area contributed by atoms with Crippen molar-refractivity contribution in [3.05, 3.63) is 53.9 Å². The summed E-state index contributed by atoms with van der Waals surface area (Å²) in [4.78, 5) is 23.4. The molecule has 0 fully saturated rings. The van der Waals surface area contributed by atoms with Gasteiger partial charge in [-0.3, -0.25) is 14.3 Å². The Kier molecular flexibility index (Phi) is 4.68. The molecule has 1 heterocycles. The van der Waals surface area contributed by atoms with Crippen molar-refractivity contribution in [3.63, 3.8) is 0 Å². The fraction of sp³-hybridized carbons (Fsp3) is 0.214. The van der Waals surface area contributed by atoms with Crippen LogP contribution in [0.25, 0.3) is 0 Å². The summed E-state index contributed by atoms with van der Waals surface area (Å²) in [5.41, 5.74) is 4.63. The Morgan fingerprint density at radius 2 is 1.87 bits per heavy atom. The van der Waals surface area contributed by atoms with E-state index in [0.717, 1.165) is 16.9 Å². The normalized spacial score (nSPS) is 12.7. The lowest BCUT2D eigenvalue weighted by molar-refractivity contribution is -0.141. The summed E-state index contributed by atoms with van der Waals surface area (Å²) in [6.07, 6.45) is -3.55. The monoisotopic (exact) mass is 326 g/mol. The van der Waals surface area contributed by atoms with Crippen molar-refractivity contribution in [2.24, 2.45) is 5.73 Å². The predicted octanol–water partition coefficient (Wildman–Crippen LogP) is 1.24. The highest BCUT2D eigenvalue weighted by Crippen LogP contribution is 2.27. The molecule has 0 bridgehead atoms. The van der Waals surface area contributed by atoms with Crippen LogP contribution in [0, 0.1) is 0 Å². The lowest BCUT2D eigenvalue weighted by atomic mass is 10.1. The van der Waals surface area contributed by atoms with E-state index in [1.54, 1.807) is 30.3 Å². The molecule has 0 aliphatic carbocycles. The van der Waals surface area contributed by atoms with Crippen molar-refractivity contribution in [2.75, 3.05) is 0 Å². The average molecular weight is 326 g/mol. The quantitative estimate of drug-likeness (QED) is 0.866. The number of rotatable bonds is 5. The second kappa shape index (κ2) is 6.51. The van der Waals surface area contributed by atoms with Gasteiger partial charge in [0.1, 0.15) is 12.6 Å². The number of nitrogens with zero attached hydrogens (tertiary/aromatic N) is 2. The molecule has 0 saturated heterocycles. The van der Waals surface area contributed by atoms with E-state index >= 15 is 0 Å². The number of primary amides is 1. The van der Waals surface area contributed by atoms with Gasteiger partial charge < -0.3 is 11.1 Å². The zero-order chi connectivity index (χ0) is 17.0. The van der Waals surface area contributed by atoms with Crippen LogP contribution in [-0.2, 0) is 22.3 Å². The first-order valence-corrected chi connectivity index (χ1v) is 6.51. The minimum absolute atomic E-state index is 0.466. The number of aromatic nitrogens is 2. The van der Waals surface area contributed by atoms with Crippen LogP contribution in [0.3, 0.4) is 0 Å². The van der Waals surface area contributed by atoms with Gasteiger partial charge in [-0.25, -0.2) is 0 Å². The van der Waals surface area contributed by atoms with E-state index < -0.39 is 36.3 Å². The maximum atomic E-state index is 12.4. The van der Waals surface area contributed by atoms with Crippen LogP contribution in [0.1, 0.15) is 17.3 Å². The van der Waals surface area contributed by atoms with Gasteiger partial charge in [-0.2, -0.15) is 18.3 Å². The zero-order valence-electron chi connectivity index (χ0n) is 11.7. The number of halogens is 3. The molecular weight excluding hydrogens is 313 g/mol. The van der Waals surface area contributed by atoms with Crippen LogP contribution < -0.4 is 11.1 Å². The fourth-order valence-corrected chi connectivity index (χ4v) is 1.92. The van der Waals surface area contributed by atoms with E-state index in [1.807, 2.05) is 0 Å². The number of carbonyl (C=O) groups excluding carboxylic acids is 2. The first-order valence-electron chi connectivity index (χ1n) is 6.51. The Balaban J connectivity index is 2.05. The number of hydrogen-bond acceptors (Lipinski definition) is 3. The SMILES string of the molecule is NC(=O)[C@H](NC(=O)Cn1ccc(C(F)(F)F)n1)c1ccccc1. The summed E-state index contributed by atoms with van der Waals surface area (Å²) >= 11 is 0. The molecule has 0 saturated carbocycles. The van der Waals surface area contributed by atoms with E-state index in [1.165, 1.54) is 0 Å². The average Bonchev–Trinajstić information content (AvgIpc) is 2.94. The third-order valence-electron chi connectivity index (χ3n) is 2.96. The molecular formula is C14H13F3N4O2. The summed E-state index contributed by atoms with van der Waals surface area (Å²) in [6, 6.07) is 7.96. The Morgan fingerprint density at radius 3 is 2.39 bits per heavy atom. The van der Waals surface area contributed by atoms with Gasteiger partial charge in [-0.05, 0) is 11.6 Å². The van der Waals surface area contributed by atoms with Gasteiger partial charge in [0, 0.05) is 6.20 Å². The van der Waals surface area contributed by atoms with Crippen LogP contribution in [0.5, 0.6) is 0 Å². The maximum Gasteiger partial charge on any atom is 0.435 e. The number of amides is 2. The Morgan fingerprint density at radius 1 is 1.22 bits per heavy atom. The number of nitrogens with one attached hydrogen (secondary N) is 1. The fourth-order valence-electron chi connectivity index (χ4n) is 1.92. The van der Waals surface area contributed by atoms with Crippen molar-refractivity contribution in [3.8, 4) is 0 Å². The second-order valence-corrected chi connectivity index (χ2v) is 4.71. The molecule has 1 aromatic carbocycles. The topological polar surface area (TPSA) is 90.0 Å². The van der Waals surface area contributed by atoms with Crippen molar-refractivity contribution in [1.82, 2.24) is 15.1 Å². The Labute approximate surface area is 129 Å². The number of hydrogen-bond donors (Lipinski definition) is 2. The highest BCUT2D eigenvalue weighted by Gasteiger charge is 2.33. The van der Waals surface area contributed by atoms with Gasteiger partial charge in [0.25, 0.3) is 0 Å². The molecule has 2 amide bonds. The number of nitrogens with two attached hydrogens (primary N) is 1. The van der Waals surface area contributed by atoms with Crippen LogP contribution in [0.2, 0.25) is 0 Å². The lowest BCUT2D eigenvalue weighted by Gasteiger charge is -2.15. The van der Waals surface area contributed by atoms with Crippen molar-refractivity contribution >= 4 is 11.8 Å². The van der Waals surface area contributed by atoms with Crippen LogP contribution in [-0.4, -0.2) is 21.6 Å². The molecule has 0 spiro atoms. The van der Waals surface area contributed by atoms with Gasteiger partial charge >= 0.3 is 6.18 Å². The molecule has 122 valence electrons. The van der Waals surface area contributed by atoms with Gasteiger partial charge in [0.15, 0.2) is 5.69 Å². The van der Waals surface area contributed by atoms with Crippen LogP contribution in [0.15, 0.2) is 42.6 Å². The van der Waals surface area contributed by atoms with E-state index in [0.29, 0.717) is 5.56 Å². The van der Waals surface area contributed by atoms with Gasteiger partial charge in [-0.15, -0.1) is 0 Å². The maximum absolute atomic E-state index is 12.4. The largest absolute Gasteiger partial charge is 0.435 e. The third kappa shape index (κ3) is 4.31. The summed E-state index contributed by atoms with van der Waals surface area (Å²) in [7, 11) is 0. The van der Waals surface area contributed by atoms with E-state index in [4.69, 9.17) is 5.73 Å². The molecule has 23 heavy (non-hydrogen) atoms. The molecule has 2 aromatic rings. The predicted molar refractivity (Wildman–Crippen MR) is 73.7 cm³/mol. The van der Waals surface area contributed by atoms with E-state index in [2.05, 4.69) is 10.4 Å². The van der Waals surface area contributed by atoms with E-state index in [-0.39, 0.29) is 0 Å². The third-order valence-corrected chi connectivity index (χ3v) is 2.96. The van der Waals surface area contributed by atoms with Crippen molar-refractivity contribution in [1.29, 1.82) is 0 Å². The smallest absolute Gasteiger partial charge is 0.368 e. The molecule has 0 unspecified atom stereocenters. The van der Waals surface area contributed by atoms with Crippen LogP contribution >= 0.6 is 0 Å². The zero-order valence-corrected chi connectivity index (χ0v) is 11.7. The van der Waals surface area contributed by atoms with Gasteiger partial charge in [0.05, 0.1) is 0 Å². The first-order chi connectivity index (χ1) is 10.8. The molecule has 1 atom stereocenters. The van der Waals surface area contributed by atoms with Crippen molar-refractivity contribution < 1.29 is 22.8 Å². The molecule has 0 aliphatic heterocycles. The van der Waals surface area contributed by atoms with Crippen molar-refractivity contribution in [2.45, 2.75) is 18.8 Å². The highest BCUT2D eigenvalue weighted by molar-refractivity contribution is 5.87. The Bertz CT molecular complexity index is 698. The Hall–Kier alpha value is -2.84. The number of carbonyl (C=O) groups is 2. The molecule has 1 aromatic heterocycles. The van der Waals surface area contributed by atoms with E-state index in [9.17, 15) is 22.8 Å². The van der Waals surface area contributed by atoms with Gasteiger partial charge in [-0.1, -0.05) is 30.3 Å². The summed E-state index contributed by atoms with van der Waals surface area (Å²) < 4.78 is 38.1. The molecule has 0 aliphatic rings. The summed E-state index contributed by atoms with van der Waals surface area (Å²) in [5, 5.41) is 5.63. The van der Waals surface area contributed by atoms with Crippen LogP contribution in [0.4, 0.5) is 13.2 Å². The molecule has 9 heteroatoms. The number of benzene rings is 1. The summed E-state index contributed by atoms with van der Waals surface area (Å²) in [5.74, 6) is -1.46. The minimum Gasteiger partial charge on any atom is -0.368 e. The minimum atomic E-state index is -4.58. The lowest BCUT2D eigenvalue weighted by Crippen LogP contribution is -2.39. The molecule has 3 N–H and O–H groups in total. The number of alkyl halides is 3. The second-order valence-electron chi connectivity index (χ2n) is 4.71. The molecule has 0 radical (unpaired) electrons.